The molecule has 0 atom stereocenters. The van der Waals surface area contributed by atoms with Gasteiger partial charge in [0.1, 0.15) is 0 Å². The van der Waals surface area contributed by atoms with E-state index < -0.39 is 0 Å². The fourth-order valence-corrected chi connectivity index (χ4v) is 3.71. The highest BCUT2D eigenvalue weighted by Crippen LogP contribution is 2.21. The molecule has 0 aliphatic heterocycles. The van der Waals surface area contributed by atoms with Gasteiger partial charge in [0, 0.05) is 37.4 Å². The zero-order valence-corrected chi connectivity index (χ0v) is 17.5. The maximum Gasteiger partial charge on any atom is 0.191 e. The standard InChI is InChI=1S/C22H27N5S/c1-17-8-9-20(21(12-17)28-3)15-25-22(23-2)24-14-18-6-4-7-19(13-18)16-27-11-5-10-26-27/h4-13H,14-16H2,1-3H3,(H2,23,24,25). The minimum atomic E-state index is 0.718. The van der Waals surface area contributed by atoms with Gasteiger partial charge in [-0.15, -0.1) is 11.8 Å². The average molecular weight is 394 g/mol. The van der Waals surface area contributed by atoms with Gasteiger partial charge < -0.3 is 10.6 Å². The number of benzene rings is 2. The Kier molecular flexibility index (Phi) is 7.14. The Morgan fingerprint density at radius 3 is 2.64 bits per heavy atom. The maximum atomic E-state index is 4.35. The average Bonchev–Trinajstić information content (AvgIpc) is 3.22. The van der Waals surface area contributed by atoms with Gasteiger partial charge in [0.25, 0.3) is 0 Å². The van der Waals surface area contributed by atoms with Crippen LogP contribution in [0.25, 0.3) is 0 Å². The minimum absolute atomic E-state index is 0.718. The van der Waals surface area contributed by atoms with Crippen LogP contribution in [0.5, 0.6) is 0 Å². The zero-order chi connectivity index (χ0) is 19.8. The highest BCUT2D eigenvalue weighted by atomic mass is 32.2. The number of rotatable bonds is 7. The molecule has 2 N–H and O–H groups in total. The first-order chi connectivity index (χ1) is 13.7. The predicted molar refractivity (Wildman–Crippen MR) is 118 cm³/mol. The SMILES string of the molecule is CN=C(NCc1cccc(Cn2cccn2)c1)NCc1ccc(C)cc1SC. The van der Waals surface area contributed by atoms with Crippen molar-refractivity contribution in [3.8, 4) is 0 Å². The molecule has 0 aliphatic rings. The normalized spacial score (nSPS) is 11.5. The van der Waals surface area contributed by atoms with Crippen LogP contribution in [0.3, 0.4) is 0 Å². The van der Waals surface area contributed by atoms with Crippen LogP contribution < -0.4 is 10.6 Å². The van der Waals surface area contributed by atoms with E-state index in [0.29, 0.717) is 0 Å². The van der Waals surface area contributed by atoms with Gasteiger partial charge in [-0.05, 0) is 47.6 Å². The van der Waals surface area contributed by atoms with Crippen LogP contribution in [0.4, 0.5) is 0 Å². The van der Waals surface area contributed by atoms with E-state index in [1.165, 1.54) is 27.1 Å². The molecule has 1 heterocycles. The number of hydrogen-bond donors (Lipinski definition) is 2. The first-order valence-corrected chi connectivity index (χ1v) is 10.5. The van der Waals surface area contributed by atoms with Gasteiger partial charge >= 0.3 is 0 Å². The Morgan fingerprint density at radius 1 is 1.07 bits per heavy atom. The van der Waals surface area contributed by atoms with Crippen molar-refractivity contribution >= 4 is 17.7 Å². The van der Waals surface area contributed by atoms with E-state index in [0.717, 1.165) is 25.6 Å². The Bertz CT molecular complexity index is 918. The largest absolute Gasteiger partial charge is 0.352 e. The van der Waals surface area contributed by atoms with E-state index in [9.17, 15) is 0 Å². The topological polar surface area (TPSA) is 54.2 Å². The molecule has 0 unspecified atom stereocenters. The van der Waals surface area contributed by atoms with Crippen molar-refractivity contribution in [1.82, 2.24) is 20.4 Å². The summed E-state index contributed by atoms with van der Waals surface area (Å²) in [6.45, 7) is 4.36. The van der Waals surface area contributed by atoms with Gasteiger partial charge in [-0.25, -0.2) is 0 Å². The second-order valence-corrected chi connectivity index (χ2v) is 7.47. The number of aromatic nitrogens is 2. The van der Waals surface area contributed by atoms with Crippen molar-refractivity contribution in [3.63, 3.8) is 0 Å². The highest BCUT2D eigenvalue weighted by molar-refractivity contribution is 7.98. The van der Waals surface area contributed by atoms with Crippen LogP contribution in [-0.2, 0) is 19.6 Å². The first-order valence-electron chi connectivity index (χ1n) is 9.31. The van der Waals surface area contributed by atoms with E-state index >= 15 is 0 Å². The number of nitrogens with one attached hydrogen (secondary N) is 2. The number of aryl methyl sites for hydroxylation is 1. The van der Waals surface area contributed by atoms with Crippen molar-refractivity contribution < 1.29 is 0 Å². The van der Waals surface area contributed by atoms with Crippen LogP contribution in [-0.4, -0.2) is 29.0 Å². The molecule has 0 saturated heterocycles. The molecule has 2 aromatic carbocycles. The van der Waals surface area contributed by atoms with Crippen LogP contribution in [0.1, 0.15) is 22.3 Å². The number of hydrogen-bond acceptors (Lipinski definition) is 3. The molecule has 0 radical (unpaired) electrons. The van der Waals surface area contributed by atoms with Gasteiger partial charge in [0.05, 0.1) is 6.54 Å². The molecular weight excluding hydrogens is 366 g/mol. The molecule has 0 aliphatic carbocycles. The third-order valence-corrected chi connectivity index (χ3v) is 5.29. The molecular formula is C22H27N5S. The number of guanidine groups is 1. The summed E-state index contributed by atoms with van der Waals surface area (Å²) in [4.78, 5) is 5.65. The molecule has 0 spiro atoms. The molecule has 5 nitrogen and oxygen atoms in total. The second-order valence-electron chi connectivity index (χ2n) is 6.62. The Morgan fingerprint density at radius 2 is 1.89 bits per heavy atom. The third-order valence-electron chi connectivity index (χ3n) is 4.47. The van der Waals surface area contributed by atoms with Crippen molar-refractivity contribution in [2.75, 3.05) is 13.3 Å². The number of thioether (sulfide) groups is 1. The second kappa shape index (κ2) is 9.99. The quantitative estimate of drug-likeness (QED) is 0.364. The molecule has 146 valence electrons. The van der Waals surface area contributed by atoms with Crippen LogP contribution >= 0.6 is 11.8 Å². The van der Waals surface area contributed by atoms with Crippen LogP contribution in [0.15, 0.2) is 70.8 Å². The summed E-state index contributed by atoms with van der Waals surface area (Å²) >= 11 is 1.77. The fraction of sp³-hybridized carbons (Fsp3) is 0.273. The monoisotopic (exact) mass is 393 g/mol. The Hall–Kier alpha value is -2.73. The third kappa shape index (κ3) is 5.63. The summed E-state index contributed by atoms with van der Waals surface area (Å²) in [6.07, 6.45) is 5.89. The zero-order valence-electron chi connectivity index (χ0n) is 16.6. The lowest BCUT2D eigenvalue weighted by molar-refractivity contribution is 0.685. The maximum absolute atomic E-state index is 4.35. The van der Waals surface area contributed by atoms with E-state index in [-0.39, 0.29) is 0 Å². The predicted octanol–water partition coefficient (Wildman–Crippen LogP) is 3.83. The van der Waals surface area contributed by atoms with E-state index in [2.05, 4.69) is 76.4 Å². The van der Waals surface area contributed by atoms with Crippen molar-refractivity contribution in [3.05, 3.63) is 83.2 Å². The summed E-state index contributed by atoms with van der Waals surface area (Å²) < 4.78 is 1.93. The molecule has 0 amide bonds. The molecule has 0 bridgehead atoms. The van der Waals surface area contributed by atoms with Gasteiger partial charge in [0.15, 0.2) is 5.96 Å². The lowest BCUT2D eigenvalue weighted by Crippen LogP contribution is -2.36. The minimum Gasteiger partial charge on any atom is -0.352 e. The fourth-order valence-electron chi connectivity index (χ4n) is 3.00. The highest BCUT2D eigenvalue weighted by Gasteiger charge is 2.04. The van der Waals surface area contributed by atoms with Gasteiger partial charge in [-0.1, -0.05) is 36.4 Å². The van der Waals surface area contributed by atoms with Crippen molar-refractivity contribution in [2.45, 2.75) is 31.5 Å². The smallest absolute Gasteiger partial charge is 0.191 e. The summed E-state index contributed by atoms with van der Waals surface area (Å²) in [5.74, 6) is 0.796. The molecule has 0 saturated carbocycles. The molecule has 3 aromatic rings. The lowest BCUT2D eigenvalue weighted by atomic mass is 10.1. The summed E-state index contributed by atoms with van der Waals surface area (Å²) in [6, 6.07) is 17.0. The van der Waals surface area contributed by atoms with Crippen LogP contribution in [0, 0.1) is 6.92 Å². The molecule has 0 fully saturated rings. The molecule has 1 aromatic heterocycles. The molecule has 28 heavy (non-hydrogen) atoms. The van der Waals surface area contributed by atoms with Crippen molar-refractivity contribution in [1.29, 1.82) is 0 Å². The summed E-state index contributed by atoms with van der Waals surface area (Å²) in [5, 5.41) is 11.1. The van der Waals surface area contributed by atoms with Crippen molar-refractivity contribution in [2.24, 2.45) is 4.99 Å². The van der Waals surface area contributed by atoms with E-state index in [1.807, 2.05) is 16.9 Å². The van der Waals surface area contributed by atoms with Gasteiger partial charge in [-0.2, -0.15) is 5.10 Å². The molecule has 3 rings (SSSR count). The van der Waals surface area contributed by atoms with Gasteiger partial charge in [0.2, 0.25) is 0 Å². The van der Waals surface area contributed by atoms with E-state index in [4.69, 9.17) is 0 Å². The first kappa shape index (κ1) is 20.0. The van der Waals surface area contributed by atoms with Gasteiger partial charge in [-0.3, -0.25) is 9.67 Å². The van der Waals surface area contributed by atoms with Crippen LogP contribution in [0.2, 0.25) is 0 Å². The lowest BCUT2D eigenvalue weighted by Gasteiger charge is -2.14. The summed E-state index contributed by atoms with van der Waals surface area (Å²) in [5.41, 5.74) is 5.01. The number of nitrogens with zero attached hydrogens (tertiary/aromatic N) is 3. The summed E-state index contributed by atoms with van der Waals surface area (Å²) in [7, 11) is 1.80. The Balaban J connectivity index is 1.56. The Labute approximate surface area is 171 Å². The van der Waals surface area contributed by atoms with E-state index in [1.54, 1.807) is 25.0 Å². The number of aliphatic imine (C=N–C) groups is 1. The molecule has 6 heteroatoms.